The van der Waals surface area contributed by atoms with Crippen LogP contribution in [0.2, 0.25) is 0 Å². The Balaban J connectivity index is 2.20. The molecule has 0 radical (unpaired) electrons. The molecule has 6 heteroatoms. The SMILES string of the molecule is O=C(OCc1ccccc1)c1ccc(Br)cc1C(F)(F)F. The summed E-state index contributed by atoms with van der Waals surface area (Å²) in [5.41, 5.74) is -0.812. The van der Waals surface area contributed by atoms with Crippen molar-refractivity contribution in [2.75, 3.05) is 0 Å². The molecule has 0 N–H and O–H groups in total. The van der Waals surface area contributed by atoms with Gasteiger partial charge in [0.1, 0.15) is 6.61 Å². The van der Waals surface area contributed by atoms with Crippen LogP contribution in [0.15, 0.2) is 53.0 Å². The number of hydrogen-bond acceptors (Lipinski definition) is 2. The number of benzene rings is 2. The van der Waals surface area contributed by atoms with Gasteiger partial charge in [-0.25, -0.2) is 4.79 Å². The van der Waals surface area contributed by atoms with Crippen molar-refractivity contribution in [1.29, 1.82) is 0 Å². The zero-order valence-corrected chi connectivity index (χ0v) is 12.2. The van der Waals surface area contributed by atoms with E-state index in [2.05, 4.69) is 15.9 Å². The summed E-state index contributed by atoms with van der Waals surface area (Å²) < 4.78 is 44.0. The number of ether oxygens (including phenoxy) is 1. The van der Waals surface area contributed by atoms with Gasteiger partial charge in [-0.15, -0.1) is 0 Å². The van der Waals surface area contributed by atoms with E-state index in [1.807, 2.05) is 0 Å². The zero-order chi connectivity index (χ0) is 15.5. The van der Waals surface area contributed by atoms with Crippen molar-refractivity contribution in [3.63, 3.8) is 0 Å². The van der Waals surface area contributed by atoms with E-state index < -0.39 is 23.3 Å². The Hall–Kier alpha value is -1.82. The molecule has 0 amide bonds. The average Bonchev–Trinajstić information content (AvgIpc) is 2.45. The summed E-state index contributed by atoms with van der Waals surface area (Å²) in [6.07, 6.45) is -4.62. The summed E-state index contributed by atoms with van der Waals surface area (Å²) in [6, 6.07) is 12.1. The standard InChI is InChI=1S/C15H10BrF3O2/c16-11-6-7-12(13(8-11)15(17,18)19)14(20)21-9-10-4-2-1-3-5-10/h1-8H,9H2. The van der Waals surface area contributed by atoms with Crippen LogP contribution in [0.5, 0.6) is 0 Å². The predicted molar refractivity (Wildman–Crippen MR) is 74.7 cm³/mol. The van der Waals surface area contributed by atoms with E-state index in [1.54, 1.807) is 30.3 Å². The molecule has 0 aromatic heterocycles. The second-order valence-corrected chi connectivity index (χ2v) is 5.17. The smallest absolute Gasteiger partial charge is 0.417 e. The quantitative estimate of drug-likeness (QED) is 0.735. The Labute approximate surface area is 127 Å². The number of halogens is 4. The number of esters is 1. The summed E-state index contributed by atoms with van der Waals surface area (Å²) in [5.74, 6) is -1.00. The summed E-state index contributed by atoms with van der Waals surface area (Å²) in [6.45, 7) is -0.0764. The van der Waals surface area contributed by atoms with Crippen molar-refractivity contribution < 1.29 is 22.7 Å². The van der Waals surface area contributed by atoms with E-state index in [0.29, 0.717) is 5.56 Å². The maximum Gasteiger partial charge on any atom is 0.417 e. The van der Waals surface area contributed by atoms with Gasteiger partial charge in [0.15, 0.2) is 0 Å². The van der Waals surface area contributed by atoms with Gasteiger partial charge in [0.2, 0.25) is 0 Å². The van der Waals surface area contributed by atoms with Gasteiger partial charge in [0.25, 0.3) is 0 Å². The van der Waals surface area contributed by atoms with E-state index in [-0.39, 0.29) is 11.1 Å². The maximum absolute atomic E-state index is 12.9. The van der Waals surface area contributed by atoms with E-state index in [4.69, 9.17) is 4.74 Å². The third-order valence-electron chi connectivity index (χ3n) is 2.72. The molecule has 2 aromatic carbocycles. The molecular formula is C15H10BrF3O2. The second kappa shape index (κ2) is 6.30. The van der Waals surface area contributed by atoms with Crippen molar-refractivity contribution >= 4 is 21.9 Å². The molecule has 0 saturated heterocycles. The van der Waals surface area contributed by atoms with Gasteiger partial charge < -0.3 is 4.74 Å². The molecule has 0 unspecified atom stereocenters. The molecule has 0 aliphatic heterocycles. The Morgan fingerprint density at radius 2 is 1.76 bits per heavy atom. The topological polar surface area (TPSA) is 26.3 Å². The Kier molecular flexibility index (Phi) is 4.67. The first-order valence-electron chi connectivity index (χ1n) is 5.96. The lowest BCUT2D eigenvalue weighted by atomic mass is 10.1. The summed E-state index contributed by atoms with van der Waals surface area (Å²) in [5, 5.41) is 0. The number of carbonyl (C=O) groups excluding carboxylic acids is 1. The normalized spacial score (nSPS) is 11.2. The van der Waals surface area contributed by atoms with E-state index >= 15 is 0 Å². The fraction of sp³-hybridized carbons (Fsp3) is 0.133. The molecule has 21 heavy (non-hydrogen) atoms. The molecule has 0 atom stereocenters. The van der Waals surface area contributed by atoms with Gasteiger partial charge in [0.05, 0.1) is 11.1 Å². The first-order chi connectivity index (χ1) is 9.88. The van der Waals surface area contributed by atoms with Crippen molar-refractivity contribution in [1.82, 2.24) is 0 Å². The molecule has 0 fully saturated rings. The van der Waals surface area contributed by atoms with E-state index in [9.17, 15) is 18.0 Å². The minimum absolute atomic E-state index is 0.0764. The van der Waals surface area contributed by atoms with Crippen LogP contribution in [0.25, 0.3) is 0 Å². The maximum atomic E-state index is 12.9. The monoisotopic (exact) mass is 358 g/mol. The van der Waals surface area contributed by atoms with Crippen LogP contribution in [0, 0.1) is 0 Å². The number of carbonyl (C=O) groups is 1. The average molecular weight is 359 g/mol. The minimum atomic E-state index is -4.62. The largest absolute Gasteiger partial charge is 0.457 e. The van der Waals surface area contributed by atoms with Crippen molar-refractivity contribution in [2.45, 2.75) is 12.8 Å². The van der Waals surface area contributed by atoms with Crippen LogP contribution in [-0.4, -0.2) is 5.97 Å². The second-order valence-electron chi connectivity index (χ2n) is 4.25. The molecule has 0 aliphatic rings. The number of hydrogen-bond donors (Lipinski definition) is 0. The van der Waals surface area contributed by atoms with Gasteiger partial charge >= 0.3 is 12.1 Å². The number of alkyl halides is 3. The van der Waals surface area contributed by atoms with Gasteiger partial charge in [-0.05, 0) is 23.8 Å². The third kappa shape index (κ3) is 4.07. The van der Waals surface area contributed by atoms with Crippen LogP contribution in [0.4, 0.5) is 13.2 Å². The molecule has 2 nitrogen and oxygen atoms in total. The zero-order valence-electron chi connectivity index (χ0n) is 10.7. The van der Waals surface area contributed by atoms with Crippen LogP contribution < -0.4 is 0 Å². The third-order valence-corrected chi connectivity index (χ3v) is 3.21. The van der Waals surface area contributed by atoms with Crippen molar-refractivity contribution in [3.8, 4) is 0 Å². The fourth-order valence-electron chi connectivity index (χ4n) is 1.73. The highest BCUT2D eigenvalue weighted by molar-refractivity contribution is 9.10. The lowest BCUT2D eigenvalue weighted by Gasteiger charge is -2.13. The van der Waals surface area contributed by atoms with Crippen LogP contribution in [0.1, 0.15) is 21.5 Å². The molecule has 0 saturated carbocycles. The molecule has 0 spiro atoms. The lowest BCUT2D eigenvalue weighted by molar-refractivity contribution is -0.138. The number of rotatable bonds is 3. The highest BCUT2D eigenvalue weighted by Crippen LogP contribution is 2.34. The Bertz CT molecular complexity index is 639. The molecule has 2 aromatic rings. The molecule has 2 rings (SSSR count). The van der Waals surface area contributed by atoms with Crippen molar-refractivity contribution in [3.05, 3.63) is 69.7 Å². The Morgan fingerprint density at radius 3 is 2.38 bits per heavy atom. The van der Waals surface area contributed by atoms with Gasteiger partial charge in [-0.3, -0.25) is 0 Å². The lowest BCUT2D eigenvalue weighted by Crippen LogP contribution is -2.15. The predicted octanol–water partition coefficient (Wildman–Crippen LogP) is 4.82. The van der Waals surface area contributed by atoms with Crippen LogP contribution in [0.3, 0.4) is 0 Å². The Morgan fingerprint density at radius 1 is 1.10 bits per heavy atom. The van der Waals surface area contributed by atoms with E-state index in [0.717, 1.165) is 12.1 Å². The van der Waals surface area contributed by atoms with Crippen molar-refractivity contribution in [2.24, 2.45) is 0 Å². The van der Waals surface area contributed by atoms with Gasteiger partial charge in [-0.2, -0.15) is 13.2 Å². The highest BCUT2D eigenvalue weighted by atomic mass is 79.9. The van der Waals surface area contributed by atoms with Crippen LogP contribution >= 0.6 is 15.9 Å². The molecule has 110 valence electrons. The summed E-state index contributed by atoms with van der Waals surface area (Å²) in [7, 11) is 0. The first-order valence-corrected chi connectivity index (χ1v) is 6.75. The molecular weight excluding hydrogens is 349 g/mol. The van der Waals surface area contributed by atoms with Gasteiger partial charge in [0, 0.05) is 4.47 Å². The highest BCUT2D eigenvalue weighted by Gasteiger charge is 2.35. The van der Waals surface area contributed by atoms with Gasteiger partial charge in [-0.1, -0.05) is 46.3 Å². The molecule has 0 heterocycles. The molecule has 0 bridgehead atoms. The van der Waals surface area contributed by atoms with E-state index in [1.165, 1.54) is 6.07 Å². The first kappa shape index (κ1) is 15.6. The molecule has 0 aliphatic carbocycles. The van der Waals surface area contributed by atoms with Crippen LogP contribution in [-0.2, 0) is 17.5 Å². The summed E-state index contributed by atoms with van der Waals surface area (Å²) >= 11 is 2.96. The fourth-order valence-corrected chi connectivity index (χ4v) is 2.09. The summed E-state index contributed by atoms with van der Waals surface area (Å²) in [4.78, 5) is 11.9. The minimum Gasteiger partial charge on any atom is -0.457 e.